The number of para-hydroxylation sites is 1. The first-order valence-corrected chi connectivity index (χ1v) is 7.92. The highest BCUT2D eigenvalue weighted by Crippen LogP contribution is 2.25. The molecule has 0 aliphatic heterocycles. The zero-order valence-corrected chi connectivity index (χ0v) is 13.1. The first-order chi connectivity index (χ1) is 11.1. The minimum absolute atomic E-state index is 0.0906. The van der Waals surface area contributed by atoms with Gasteiger partial charge in [-0.05, 0) is 55.0 Å². The van der Waals surface area contributed by atoms with Crippen LogP contribution in [0.1, 0.15) is 36.1 Å². The Balaban J connectivity index is 1.56. The second-order valence-electron chi connectivity index (χ2n) is 5.89. The molecule has 0 saturated heterocycles. The summed E-state index contributed by atoms with van der Waals surface area (Å²) in [5.74, 6) is -0.638. The second-order valence-corrected chi connectivity index (χ2v) is 5.89. The zero-order chi connectivity index (χ0) is 16.2. The van der Waals surface area contributed by atoms with Crippen molar-refractivity contribution in [1.29, 1.82) is 0 Å². The highest BCUT2D eigenvalue weighted by Gasteiger charge is 2.15. The molecule has 1 atom stereocenters. The third-order valence-electron chi connectivity index (χ3n) is 4.20. The van der Waals surface area contributed by atoms with Gasteiger partial charge in [0, 0.05) is 0 Å². The number of hydrogen-bond donors (Lipinski definition) is 1. The van der Waals surface area contributed by atoms with Gasteiger partial charge in [0.25, 0.3) is 5.91 Å². The van der Waals surface area contributed by atoms with E-state index in [1.807, 2.05) is 6.92 Å². The Hall–Kier alpha value is -2.36. The monoisotopic (exact) mass is 313 g/mol. The molecule has 1 N–H and O–H groups in total. The minimum atomic E-state index is -0.466. The Labute approximate surface area is 135 Å². The van der Waals surface area contributed by atoms with Gasteiger partial charge in [-0.25, -0.2) is 4.39 Å². The number of aryl methyl sites for hydroxylation is 2. The Morgan fingerprint density at radius 1 is 1.22 bits per heavy atom. The summed E-state index contributed by atoms with van der Waals surface area (Å²) in [5, 5.41) is 2.89. The van der Waals surface area contributed by atoms with Gasteiger partial charge < -0.3 is 10.1 Å². The molecular formula is C19H20FNO2. The Morgan fingerprint density at radius 2 is 2.00 bits per heavy atom. The van der Waals surface area contributed by atoms with Gasteiger partial charge in [0.15, 0.2) is 18.2 Å². The van der Waals surface area contributed by atoms with Gasteiger partial charge in [0.1, 0.15) is 0 Å². The van der Waals surface area contributed by atoms with E-state index in [1.54, 1.807) is 12.1 Å². The molecule has 3 rings (SSSR count). The molecule has 0 fully saturated rings. The van der Waals surface area contributed by atoms with Crippen LogP contribution >= 0.6 is 0 Å². The zero-order valence-electron chi connectivity index (χ0n) is 13.1. The average Bonchev–Trinajstić information content (AvgIpc) is 3.01. The number of benzene rings is 2. The molecule has 0 spiro atoms. The maximum absolute atomic E-state index is 13.4. The fourth-order valence-electron chi connectivity index (χ4n) is 2.93. The molecule has 1 amide bonds. The van der Waals surface area contributed by atoms with Gasteiger partial charge in [-0.15, -0.1) is 0 Å². The van der Waals surface area contributed by atoms with E-state index in [0.29, 0.717) is 0 Å². The van der Waals surface area contributed by atoms with Crippen molar-refractivity contribution >= 4 is 5.91 Å². The number of carbonyl (C=O) groups is 1. The van der Waals surface area contributed by atoms with Crippen molar-refractivity contribution in [1.82, 2.24) is 5.32 Å². The number of carbonyl (C=O) groups excluding carboxylic acids is 1. The summed E-state index contributed by atoms with van der Waals surface area (Å²) in [6.07, 6.45) is 3.46. The number of nitrogens with one attached hydrogen (secondary N) is 1. The molecule has 3 nitrogen and oxygen atoms in total. The summed E-state index contributed by atoms with van der Waals surface area (Å²) in [7, 11) is 0. The lowest BCUT2D eigenvalue weighted by atomic mass is 10.0. The fourth-order valence-corrected chi connectivity index (χ4v) is 2.93. The summed E-state index contributed by atoms with van der Waals surface area (Å²) in [6.45, 7) is 1.74. The second kappa shape index (κ2) is 6.82. The predicted molar refractivity (Wildman–Crippen MR) is 86.9 cm³/mol. The standard InChI is InChI=1S/C19H20FNO2/c1-13(15-10-9-14-5-4-6-16(14)11-15)21-19(22)12-23-18-8-3-2-7-17(18)20/h2-3,7-11,13H,4-6,12H2,1H3,(H,21,22). The van der Waals surface area contributed by atoms with E-state index in [0.717, 1.165) is 18.4 Å². The van der Waals surface area contributed by atoms with Gasteiger partial charge in [0.2, 0.25) is 0 Å². The van der Waals surface area contributed by atoms with Crippen LogP contribution in [0.5, 0.6) is 5.75 Å². The molecular weight excluding hydrogens is 293 g/mol. The van der Waals surface area contributed by atoms with Crippen molar-refractivity contribution < 1.29 is 13.9 Å². The molecule has 1 aliphatic carbocycles. The Bertz CT molecular complexity index is 714. The van der Waals surface area contributed by atoms with Crippen LogP contribution in [0, 0.1) is 5.82 Å². The van der Waals surface area contributed by atoms with Crippen LogP contribution in [-0.4, -0.2) is 12.5 Å². The smallest absolute Gasteiger partial charge is 0.258 e. The molecule has 0 radical (unpaired) electrons. The van der Waals surface area contributed by atoms with Crippen LogP contribution in [0.4, 0.5) is 4.39 Å². The molecule has 1 unspecified atom stereocenters. The molecule has 1 aliphatic rings. The number of halogens is 1. The van der Waals surface area contributed by atoms with Gasteiger partial charge in [-0.1, -0.05) is 30.3 Å². The number of hydrogen-bond acceptors (Lipinski definition) is 2. The van der Waals surface area contributed by atoms with Crippen LogP contribution in [-0.2, 0) is 17.6 Å². The van der Waals surface area contributed by atoms with Crippen molar-refractivity contribution in [3.63, 3.8) is 0 Å². The topological polar surface area (TPSA) is 38.3 Å². The normalized spacial score (nSPS) is 14.2. The SMILES string of the molecule is CC(NC(=O)COc1ccccc1F)c1ccc2c(c1)CCC2. The van der Waals surface area contributed by atoms with Crippen LogP contribution in [0.3, 0.4) is 0 Å². The number of ether oxygens (including phenoxy) is 1. The summed E-state index contributed by atoms with van der Waals surface area (Å²) in [5.41, 5.74) is 3.88. The van der Waals surface area contributed by atoms with E-state index in [-0.39, 0.29) is 24.3 Å². The van der Waals surface area contributed by atoms with Gasteiger partial charge in [-0.2, -0.15) is 0 Å². The van der Waals surface area contributed by atoms with E-state index in [4.69, 9.17) is 4.74 Å². The largest absolute Gasteiger partial charge is 0.481 e. The molecule has 4 heteroatoms. The third kappa shape index (κ3) is 3.70. The molecule has 0 aromatic heterocycles. The van der Waals surface area contributed by atoms with E-state index < -0.39 is 5.82 Å². The van der Waals surface area contributed by atoms with Crippen molar-refractivity contribution in [2.75, 3.05) is 6.61 Å². The summed E-state index contributed by atoms with van der Waals surface area (Å²) >= 11 is 0. The number of rotatable bonds is 5. The lowest BCUT2D eigenvalue weighted by Gasteiger charge is -2.16. The number of amides is 1. The van der Waals surface area contributed by atoms with Crippen molar-refractivity contribution in [3.05, 3.63) is 65.0 Å². The lowest BCUT2D eigenvalue weighted by molar-refractivity contribution is -0.123. The van der Waals surface area contributed by atoms with Crippen LogP contribution in [0.15, 0.2) is 42.5 Å². The van der Waals surface area contributed by atoms with Crippen molar-refractivity contribution in [3.8, 4) is 5.75 Å². The third-order valence-corrected chi connectivity index (χ3v) is 4.20. The van der Waals surface area contributed by atoms with Gasteiger partial charge in [0.05, 0.1) is 6.04 Å². The molecule has 23 heavy (non-hydrogen) atoms. The van der Waals surface area contributed by atoms with Gasteiger partial charge in [-0.3, -0.25) is 4.79 Å². The highest BCUT2D eigenvalue weighted by atomic mass is 19.1. The molecule has 0 bridgehead atoms. The summed E-state index contributed by atoms with van der Waals surface area (Å²) in [4.78, 5) is 12.0. The highest BCUT2D eigenvalue weighted by molar-refractivity contribution is 5.78. The number of fused-ring (bicyclic) bond motifs is 1. The molecule has 2 aromatic carbocycles. The Morgan fingerprint density at radius 3 is 2.83 bits per heavy atom. The van der Waals surface area contributed by atoms with Crippen LogP contribution in [0.25, 0.3) is 0 Å². The maximum Gasteiger partial charge on any atom is 0.258 e. The summed E-state index contributed by atoms with van der Waals surface area (Å²) in [6, 6.07) is 12.3. The first kappa shape index (κ1) is 15.5. The van der Waals surface area contributed by atoms with E-state index in [1.165, 1.54) is 29.7 Å². The fraction of sp³-hybridized carbons (Fsp3) is 0.316. The van der Waals surface area contributed by atoms with Crippen molar-refractivity contribution in [2.45, 2.75) is 32.2 Å². The lowest BCUT2D eigenvalue weighted by Crippen LogP contribution is -2.31. The Kier molecular flexibility index (Phi) is 4.60. The predicted octanol–water partition coefficient (Wildman–Crippen LogP) is 3.57. The quantitative estimate of drug-likeness (QED) is 0.916. The van der Waals surface area contributed by atoms with Gasteiger partial charge >= 0.3 is 0 Å². The van der Waals surface area contributed by atoms with E-state index in [9.17, 15) is 9.18 Å². The van der Waals surface area contributed by atoms with Crippen LogP contribution < -0.4 is 10.1 Å². The summed E-state index contributed by atoms with van der Waals surface area (Å²) < 4.78 is 18.7. The average molecular weight is 313 g/mol. The molecule has 0 heterocycles. The molecule has 0 saturated carbocycles. The maximum atomic E-state index is 13.4. The minimum Gasteiger partial charge on any atom is -0.481 e. The first-order valence-electron chi connectivity index (χ1n) is 7.92. The molecule has 120 valence electrons. The van der Waals surface area contributed by atoms with Crippen LogP contribution in [0.2, 0.25) is 0 Å². The van der Waals surface area contributed by atoms with E-state index in [2.05, 4.69) is 23.5 Å². The molecule has 2 aromatic rings. The van der Waals surface area contributed by atoms with Crippen molar-refractivity contribution in [2.24, 2.45) is 0 Å². The van der Waals surface area contributed by atoms with E-state index >= 15 is 0 Å².